The second kappa shape index (κ2) is 10.1. The highest BCUT2D eigenvalue weighted by Gasteiger charge is 2.17. The van der Waals surface area contributed by atoms with E-state index in [-0.39, 0.29) is 18.3 Å². The summed E-state index contributed by atoms with van der Waals surface area (Å²) in [5, 5.41) is 12.9. The average Bonchev–Trinajstić information content (AvgIpc) is 3.09. The fourth-order valence-electron chi connectivity index (χ4n) is 2.63. The van der Waals surface area contributed by atoms with Crippen LogP contribution in [0, 0.1) is 5.82 Å². The van der Waals surface area contributed by atoms with E-state index in [2.05, 4.69) is 15.5 Å². The Morgan fingerprint density at radius 1 is 1.17 bits per heavy atom. The van der Waals surface area contributed by atoms with Gasteiger partial charge in [0.05, 0.1) is 17.3 Å². The van der Waals surface area contributed by atoms with Crippen molar-refractivity contribution in [3.05, 3.63) is 69.7 Å². The fourth-order valence-corrected chi connectivity index (χ4v) is 4.05. The van der Waals surface area contributed by atoms with Crippen molar-refractivity contribution >= 4 is 40.9 Å². The number of thioether (sulfide) groups is 1. The Labute approximate surface area is 182 Å². The molecule has 0 saturated heterocycles. The van der Waals surface area contributed by atoms with E-state index >= 15 is 0 Å². The van der Waals surface area contributed by atoms with Gasteiger partial charge in [0.1, 0.15) is 5.82 Å². The molecule has 2 aromatic carbocycles. The van der Waals surface area contributed by atoms with Crippen LogP contribution in [0.15, 0.2) is 47.6 Å². The van der Waals surface area contributed by atoms with E-state index in [9.17, 15) is 9.18 Å². The summed E-state index contributed by atoms with van der Waals surface area (Å²) < 4.78 is 14.9. The Kier molecular flexibility index (Phi) is 7.52. The number of nitrogens with one attached hydrogen (secondary N) is 1. The lowest BCUT2D eigenvalue weighted by atomic mass is 10.2. The van der Waals surface area contributed by atoms with Gasteiger partial charge in [0.2, 0.25) is 5.91 Å². The Bertz CT molecular complexity index is 995. The molecule has 0 aliphatic carbocycles. The summed E-state index contributed by atoms with van der Waals surface area (Å²) in [6.07, 6.45) is 1.21. The van der Waals surface area contributed by atoms with Crippen molar-refractivity contribution in [1.29, 1.82) is 0 Å². The lowest BCUT2D eigenvalue weighted by Crippen LogP contribution is -2.24. The quantitative estimate of drug-likeness (QED) is 0.463. The topological polar surface area (TPSA) is 59.8 Å². The highest BCUT2D eigenvalue weighted by atomic mass is 35.5. The van der Waals surface area contributed by atoms with Crippen molar-refractivity contribution in [3.63, 3.8) is 0 Å². The zero-order chi connectivity index (χ0) is 20.8. The first kappa shape index (κ1) is 21.6. The maximum Gasteiger partial charge on any atom is 0.220 e. The molecule has 0 atom stereocenters. The van der Waals surface area contributed by atoms with Crippen LogP contribution in [0.5, 0.6) is 0 Å². The number of benzene rings is 2. The van der Waals surface area contributed by atoms with E-state index in [1.165, 1.54) is 23.9 Å². The van der Waals surface area contributed by atoms with Gasteiger partial charge in [0.15, 0.2) is 11.0 Å². The van der Waals surface area contributed by atoms with Crippen LogP contribution in [0.3, 0.4) is 0 Å². The van der Waals surface area contributed by atoms with Gasteiger partial charge in [-0.05, 0) is 42.3 Å². The molecule has 0 radical (unpaired) electrons. The van der Waals surface area contributed by atoms with Crippen LogP contribution >= 0.6 is 35.0 Å². The third kappa shape index (κ3) is 5.72. The molecule has 3 rings (SSSR count). The number of halogens is 3. The van der Waals surface area contributed by atoms with E-state index in [0.717, 1.165) is 12.0 Å². The molecule has 152 valence electrons. The van der Waals surface area contributed by atoms with Gasteiger partial charge < -0.3 is 5.32 Å². The number of rotatable bonds is 8. The third-order valence-electron chi connectivity index (χ3n) is 4.05. The molecular weight excluding hydrogens is 434 g/mol. The normalized spacial score (nSPS) is 10.9. The zero-order valence-corrected chi connectivity index (χ0v) is 18.0. The molecule has 1 amide bonds. The van der Waals surface area contributed by atoms with E-state index in [1.54, 1.807) is 34.9 Å². The second-order valence-corrected chi connectivity index (χ2v) is 8.06. The van der Waals surface area contributed by atoms with Gasteiger partial charge in [0.25, 0.3) is 0 Å². The predicted octanol–water partition coefficient (Wildman–Crippen LogP) is 5.42. The number of hydrogen-bond acceptors (Lipinski definition) is 4. The van der Waals surface area contributed by atoms with Crippen molar-refractivity contribution in [2.24, 2.45) is 0 Å². The first-order valence-corrected chi connectivity index (χ1v) is 10.8. The summed E-state index contributed by atoms with van der Waals surface area (Å²) in [4.78, 5) is 11.9. The molecule has 0 bridgehead atoms. The van der Waals surface area contributed by atoms with Crippen molar-refractivity contribution in [1.82, 2.24) is 20.1 Å². The summed E-state index contributed by atoms with van der Waals surface area (Å²) in [6.45, 7) is 2.17. The van der Waals surface area contributed by atoms with E-state index in [1.807, 2.05) is 6.92 Å². The molecule has 0 aliphatic heterocycles. The number of hydrogen-bond donors (Lipinski definition) is 1. The maximum atomic E-state index is 13.1. The molecule has 0 aliphatic rings. The minimum atomic E-state index is -0.278. The van der Waals surface area contributed by atoms with Gasteiger partial charge in [0, 0.05) is 17.2 Å². The molecule has 5 nitrogen and oxygen atoms in total. The van der Waals surface area contributed by atoms with Crippen molar-refractivity contribution < 1.29 is 9.18 Å². The monoisotopic (exact) mass is 452 g/mol. The molecule has 1 aromatic heterocycles. The van der Waals surface area contributed by atoms with Crippen LogP contribution in [-0.4, -0.2) is 20.7 Å². The molecule has 0 spiro atoms. The van der Waals surface area contributed by atoms with Crippen LogP contribution in [0.4, 0.5) is 4.39 Å². The smallest absolute Gasteiger partial charge is 0.220 e. The number of nitrogens with zero attached hydrogens (tertiary/aromatic N) is 3. The summed E-state index contributed by atoms with van der Waals surface area (Å²) in [5.74, 6) is 0.802. The lowest BCUT2D eigenvalue weighted by molar-refractivity contribution is -0.121. The molecule has 3 aromatic rings. The summed E-state index contributed by atoms with van der Waals surface area (Å²) in [6, 6.07) is 11.5. The first-order valence-electron chi connectivity index (χ1n) is 9.01. The molecule has 9 heteroatoms. The van der Waals surface area contributed by atoms with E-state index in [0.29, 0.717) is 38.9 Å². The summed E-state index contributed by atoms with van der Waals surface area (Å²) in [7, 11) is 0. The van der Waals surface area contributed by atoms with Crippen molar-refractivity contribution in [2.75, 3.05) is 0 Å². The maximum absolute atomic E-state index is 13.1. The van der Waals surface area contributed by atoms with Gasteiger partial charge >= 0.3 is 0 Å². The molecule has 29 heavy (non-hydrogen) atoms. The fraction of sp³-hybridized carbons (Fsp3) is 0.250. The number of amides is 1. The molecule has 0 fully saturated rings. The Hall–Kier alpha value is -2.09. The highest BCUT2D eigenvalue weighted by Crippen LogP contribution is 2.30. The minimum Gasteiger partial charge on any atom is -0.349 e. The van der Waals surface area contributed by atoms with Crippen molar-refractivity contribution in [2.45, 2.75) is 37.2 Å². The molecule has 0 unspecified atom stereocenters. The number of carbonyl (C=O) groups excluding carboxylic acids is 1. The molecular formula is C20H19Cl2FN4OS. The lowest BCUT2D eigenvalue weighted by Gasteiger charge is -2.13. The Balaban J connectivity index is 1.88. The molecule has 0 saturated carbocycles. The van der Waals surface area contributed by atoms with Gasteiger partial charge in [-0.2, -0.15) is 0 Å². The van der Waals surface area contributed by atoms with Gasteiger partial charge in [-0.15, -0.1) is 10.2 Å². The van der Waals surface area contributed by atoms with Crippen LogP contribution < -0.4 is 5.32 Å². The van der Waals surface area contributed by atoms with Gasteiger partial charge in [-0.3, -0.25) is 9.36 Å². The summed E-state index contributed by atoms with van der Waals surface area (Å²) >= 11 is 13.9. The van der Waals surface area contributed by atoms with E-state index < -0.39 is 0 Å². The first-order chi connectivity index (χ1) is 14.0. The number of aromatic nitrogens is 3. The van der Waals surface area contributed by atoms with Gasteiger partial charge in [-0.25, -0.2) is 4.39 Å². The Morgan fingerprint density at radius 2 is 1.93 bits per heavy atom. The van der Waals surface area contributed by atoms with E-state index in [4.69, 9.17) is 23.2 Å². The summed E-state index contributed by atoms with van der Waals surface area (Å²) in [5.41, 5.74) is 1.62. The average molecular weight is 453 g/mol. The van der Waals surface area contributed by atoms with Crippen molar-refractivity contribution in [3.8, 4) is 5.69 Å². The predicted molar refractivity (Wildman–Crippen MR) is 114 cm³/mol. The van der Waals surface area contributed by atoms with Crippen LogP contribution in [-0.2, 0) is 17.1 Å². The highest BCUT2D eigenvalue weighted by molar-refractivity contribution is 7.98. The zero-order valence-electron chi connectivity index (χ0n) is 15.7. The standard InChI is InChI=1S/C20H19Cl2FN4OS/c1-2-3-19(28)24-11-18-25-26-20(29-12-13-4-7-15(23)8-5-13)27(18)17-9-6-14(21)10-16(17)22/h4-10H,2-3,11-12H2,1H3,(H,24,28). The molecule has 1 heterocycles. The second-order valence-electron chi connectivity index (χ2n) is 6.27. The van der Waals surface area contributed by atoms with Crippen LogP contribution in [0.25, 0.3) is 5.69 Å². The number of carbonyl (C=O) groups is 1. The largest absolute Gasteiger partial charge is 0.349 e. The van der Waals surface area contributed by atoms with Crippen LogP contribution in [0.2, 0.25) is 10.0 Å². The SMILES string of the molecule is CCCC(=O)NCc1nnc(SCc2ccc(F)cc2)n1-c1ccc(Cl)cc1Cl. The van der Waals surface area contributed by atoms with Crippen LogP contribution in [0.1, 0.15) is 31.2 Å². The minimum absolute atomic E-state index is 0.0511. The molecule has 1 N–H and O–H groups in total. The third-order valence-corrected chi connectivity index (χ3v) is 5.59. The Morgan fingerprint density at radius 3 is 2.62 bits per heavy atom. The van der Waals surface area contributed by atoms with Gasteiger partial charge in [-0.1, -0.05) is 54.0 Å².